The Hall–Kier alpha value is -1.26. The van der Waals surface area contributed by atoms with Gasteiger partial charge in [0.15, 0.2) is 0 Å². The number of hydrogen-bond acceptors (Lipinski definition) is 3. The summed E-state index contributed by atoms with van der Waals surface area (Å²) in [5.74, 6) is 0.988. The quantitative estimate of drug-likeness (QED) is 0.827. The van der Waals surface area contributed by atoms with E-state index in [2.05, 4.69) is 20.8 Å². The zero-order chi connectivity index (χ0) is 16.8. The molecule has 1 aromatic carbocycles. The average molecular weight is 343 g/mol. The number of hydrogen-bond donors (Lipinski definition) is 1. The Labute approximate surface area is 146 Å². The van der Waals surface area contributed by atoms with Crippen molar-refractivity contribution in [1.29, 1.82) is 0 Å². The molecule has 1 amide bonds. The maximum atomic E-state index is 12.4. The van der Waals surface area contributed by atoms with Crippen LogP contribution < -0.4 is 10.5 Å². The molecule has 1 aromatic rings. The van der Waals surface area contributed by atoms with E-state index in [1.807, 2.05) is 36.1 Å². The number of carbonyl (C=O) groups excluding carboxylic acids is 1. The molecule has 0 saturated heterocycles. The monoisotopic (exact) mass is 342 g/mol. The number of methoxy groups -OCH3 is 1. The Bertz CT molecular complexity index is 467. The van der Waals surface area contributed by atoms with Crippen LogP contribution in [0, 0.1) is 5.41 Å². The minimum absolute atomic E-state index is 0. The number of rotatable bonds is 7. The predicted octanol–water partition coefficient (Wildman–Crippen LogP) is 3.27. The van der Waals surface area contributed by atoms with Gasteiger partial charge in [-0.25, -0.2) is 0 Å². The summed E-state index contributed by atoms with van der Waals surface area (Å²) in [4.78, 5) is 14.3. The lowest BCUT2D eigenvalue weighted by Crippen LogP contribution is -2.41. The van der Waals surface area contributed by atoms with Crippen molar-refractivity contribution in [2.75, 3.05) is 20.2 Å². The Balaban J connectivity index is 0.00000484. The standard InChI is InChI=1S/C18H30N2O2.ClH/c1-14(19)12-17(21)20(13-18(2,3)4)11-10-15-6-8-16(22-5)9-7-15;/h6-9,14H,10-13,19H2,1-5H3;1H. The molecule has 0 radical (unpaired) electrons. The van der Waals surface area contributed by atoms with E-state index in [4.69, 9.17) is 10.5 Å². The highest BCUT2D eigenvalue weighted by Gasteiger charge is 2.21. The first-order chi connectivity index (χ1) is 10.2. The van der Waals surface area contributed by atoms with Gasteiger partial charge in [-0.1, -0.05) is 32.9 Å². The maximum Gasteiger partial charge on any atom is 0.224 e. The lowest BCUT2D eigenvalue weighted by Gasteiger charge is -2.30. The van der Waals surface area contributed by atoms with E-state index in [1.54, 1.807) is 7.11 Å². The van der Waals surface area contributed by atoms with Crippen LogP contribution in [0.4, 0.5) is 0 Å². The van der Waals surface area contributed by atoms with Crippen molar-refractivity contribution in [2.24, 2.45) is 11.1 Å². The second-order valence-electron chi connectivity index (χ2n) is 7.16. The summed E-state index contributed by atoms with van der Waals surface area (Å²) in [7, 11) is 1.66. The van der Waals surface area contributed by atoms with Gasteiger partial charge in [-0.2, -0.15) is 0 Å². The molecule has 0 heterocycles. The summed E-state index contributed by atoms with van der Waals surface area (Å²) in [5.41, 5.74) is 7.05. The van der Waals surface area contributed by atoms with Crippen LogP contribution in [0.2, 0.25) is 0 Å². The van der Waals surface area contributed by atoms with Crippen molar-refractivity contribution in [3.63, 3.8) is 0 Å². The zero-order valence-corrected chi connectivity index (χ0v) is 15.8. The molecule has 0 aliphatic carbocycles. The maximum absolute atomic E-state index is 12.4. The summed E-state index contributed by atoms with van der Waals surface area (Å²) in [6.45, 7) is 9.77. The van der Waals surface area contributed by atoms with E-state index in [0.29, 0.717) is 6.42 Å². The highest BCUT2D eigenvalue weighted by molar-refractivity contribution is 5.85. The minimum Gasteiger partial charge on any atom is -0.497 e. The molecule has 0 spiro atoms. The molecule has 2 N–H and O–H groups in total. The third-order valence-electron chi connectivity index (χ3n) is 3.34. The van der Waals surface area contributed by atoms with Crippen molar-refractivity contribution >= 4 is 18.3 Å². The van der Waals surface area contributed by atoms with Crippen molar-refractivity contribution < 1.29 is 9.53 Å². The normalized spacial score (nSPS) is 12.3. The average Bonchev–Trinajstić information content (AvgIpc) is 2.42. The molecule has 0 aromatic heterocycles. The SMILES string of the molecule is COc1ccc(CCN(CC(C)(C)C)C(=O)CC(C)N)cc1.Cl. The van der Waals surface area contributed by atoms with Gasteiger partial charge in [0, 0.05) is 25.6 Å². The van der Waals surface area contributed by atoms with Crippen LogP contribution in [0.1, 0.15) is 39.7 Å². The smallest absolute Gasteiger partial charge is 0.224 e. The van der Waals surface area contributed by atoms with Crippen LogP contribution in [0.15, 0.2) is 24.3 Å². The lowest BCUT2D eigenvalue weighted by atomic mass is 9.95. The first-order valence-electron chi connectivity index (χ1n) is 7.87. The number of amides is 1. The number of carbonyl (C=O) groups is 1. The molecular weight excluding hydrogens is 312 g/mol. The van der Waals surface area contributed by atoms with E-state index in [1.165, 1.54) is 5.56 Å². The number of nitrogens with zero attached hydrogens (tertiary/aromatic N) is 1. The summed E-state index contributed by atoms with van der Waals surface area (Å²) in [5, 5.41) is 0. The fraction of sp³-hybridized carbons (Fsp3) is 0.611. The van der Waals surface area contributed by atoms with Gasteiger partial charge >= 0.3 is 0 Å². The predicted molar refractivity (Wildman–Crippen MR) is 98.2 cm³/mol. The van der Waals surface area contributed by atoms with Crippen molar-refractivity contribution in [1.82, 2.24) is 4.90 Å². The summed E-state index contributed by atoms with van der Waals surface area (Å²) in [6.07, 6.45) is 1.24. The molecule has 132 valence electrons. The second kappa shape index (κ2) is 9.78. The highest BCUT2D eigenvalue weighted by Crippen LogP contribution is 2.17. The molecule has 0 bridgehead atoms. The van der Waals surface area contributed by atoms with Crippen molar-refractivity contribution in [3.05, 3.63) is 29.8 Å². The van der Waals surface area contributed by atoms with Crippen LogP contribution in [-0.2, 0) is 11.2 Å². The van der Waals surface area contributed by atoms with Crippen LogP contribution in [0.3, 0.4) is 0 Å². The number of benzene rings is 1. The molecule has 23 heavy (non-hydrogen) atoms. The van der Waals surface area contributed by atoms with Crippen LogP contribution >= 0.6 is 12.4 Å². The first kappa shape index (κ1) is 21.7. The van der Waals surface area contributed by atoms with E-state index < -0.39 is 0 Å². The molecule has 0 saturated carbocycles. The molecular formula is C18H31ClN2O2. The van der Waals surface area contributed by atoms with Gasteiger partial charge in [-0.05, 0) is 36.5 Å². The third kappa shape index (κ3) is 8.82. The lowest BCUT2D eigenvalue weighted by molar-refractivity contribution is -0.132. The fourth-order valence-electron chi connectivity index (χ4n) is 2.33. The molecule has 5 heteroatoms. The minimum atomic E-state index is -0.101. The molecule has 0 aliphatic rings. The van der Waals surface area contributed by atoms with Gasteiger partial charge in [-0.3, -0.25) is 4.79 Å². The fourth-order valence-corrected chi connectivity index (χ4v) is 2.33. The van der Waals surface area contributed by atoms with Gasteiger partial charge in [0.2, 0.25) is 5.91 Å². The Morgan fingerprint density at radius 2 is 1.83 bits per heavy atom. The number of nitrogens with two attached hydrogens (primary N) is 1. The van der Waals surface area contributed by atoms with E-state index >= 15 is 0 Å². The van der Waals surface area contributed by atoms with E-state index in [9.17, 15) is 4.79 Å². The Morgan fingerprint density at radius 3 is 2.26 bits per heavy atom. The van der Waals surface area contributed by atoms with E-state index in [-0.39, 0.29) is 29.8 Å². The molecule has 1 rings (SSSR count). The topological polar surface area (TPSA) is 55.6 Å². The third-order valence-corrected chi connectivity index (χ3v) is 3.34. The van der Waals surface area contributed by atoms with Crippen LogP contribution in [0.25, 0.3) is 0 Å². The molecule has 1 unspecified atom stereocenters. The van der Waals surface area contributed by atoms with Gasteiger partial charge in [0.25, 0.3) is 0 Å². The Morgan fingerprint density at radius 1 is 1.26 bits per heavy atom. The van der Waals surface area contributed by atoms with Crippen molar-refractivity contribution in [2.45, 2.75) is 46.6 Å². The number of halogens is 1. The number of ether oxygens (including phenoxy) is 1. The van der Waals surface area contributed by atoms with Crippen LogP contribution in [0.5, 0.6) is 5.75 Å². The summed E-state index contributed by atoms with van der Waals surface area (Å²) < 4.78 is 5.16. The van der Waals surface area contributed by atoms with Crippen molar-refractivity contribution in [3.8, 4) is 5.75 Å². The largest absolute Gasteiger partial charge is 0.497 e. The van der Waals surface area contributed by atoms with Gasteiger partial charge < -0.3 is 15.4 Å². The van der Waals surface area contributed by atoms with Gasteiger partial charge in [0.1, 0.15) is 5.75 Å². The molecule has 0 fully saturated rings. The molecule has 4 nitrogen and oxygen atoms in total. The summed E-state index contributed by atoms with van der Waals surface area (Å²) in [6, 6.07) is 7.89. The molecule has 1 atom stereocenters. The summed E-state index contributed by atoms with van der Waals surface area (Å²) >= 11 is 0. The second-order valence-corrected chi connectivity index (χ2v) is 7.16. The Kier molecular flexibility index (Phi) is 9.25. The van der Waals surface area contributed by atoms with Gasteiger partial charge in [-0.15, -0.1) is 12.4 Å². The van der Waals surface area contributed by atoms with Gasteiger partial charge in [0.05, 0.1) is 7.11 Å². The van der Waals surface area contributed by atoms with E-state index in [0.717, 1.165) is 25.3 Å². The first-order valence-corrected chi connectivity index (χ1v) is 7.87. The molecule has 0 aliphatic heterocycles. The zero-order valence-electron chi connectivity index (χ0n) is 15.0. The van der Waals surface area contributed by atoms with Crippen LogP contribution in [-0.4, -0.2) is 37.0 Å². The highest BCUT2D eigenvalue weighted by atomic mass is 35.5.